The number of hydrogen-bond acceptors (Lipinski definition) is 4. The first-order valence-electron chi connectivity index (χ1n) is 4.92. The van der Waals surface area contributed by atoms with Crippen LogP contribution in [0.1, 0.15) is 17.4 Å². The van der Waals surface area contributed by atoms with Gasteiger partial charge in [0.15, 0.2) is 5.69 Å². The number of carbonyl (C=O) groups excluding carboxylic acids is 1. The minimum absolute atomic E-state index is 0.0208. The number of carbonyl (C=O) groups is 1. The van der Waals surface area contributed by atoms with Gasteiger partial charge in [-0.1, -0.05) is 12.1 Å². The van der Waals surface area contributed by atoms with E-state index in [0.717, 1.165) is 4.47 Å². The summed E-state index contributed by atoms with van der Waals surface area (Å²) in [6, 6.07) is 5.37. The van der Waals surface area contributed by atoms with Gasteiger partial charge in [-0.05, 0) is 40.5 Å². The number of rotatable bonds is 2. The Hall–Kier alpha value is -1.20. The lowest BCUT2D eigenvalue weighted by molar-refractivity contribution is 0.0522. The van der Waals surface area contributed by atoms with Crippen molar-refractivity contribution in [2.75, 3.05) is 6.61 Å². The second-order valence-corrected chi connectivity index (χ2v) is 4.39. The maximum absolute atomic E-state index is 11.7. The number of benzene rings is 1. The van der Waals surface area contributed by atoms with Crippen molar-refractivity contribution in [2.24, 2.45) is 0 Å². The second-order valence-electron chi connectivity index (χ2n) is 3.20. The molecule has 0 N–H and O–H groups in total. The maximum Gasteiger partial charge on any atom is 0.357 e. The first-order valence-corrected chi connectivity index (χ1v) is 6.09. The summed E-state index contributed by atoms with van der Waals surface area (Å²) >= 11 is 9.14. The van der Waals surface area contributed by atoms with Gasteiger partial charge in [-0.25, -0.2) is 14.8 Å². The zero-order chi connectivity index (χ0) is 12.4. The van der Waals surface area contributed by atoms with Crippen LogP contribution in [0.5, 0.6) is 0 Å². The van der Waals surface area contributed by atoms with Crippen molar-refractivity contribution in [3.63, 3.8) is 0 Å². The molecule has 0 saturated heterocycles. The van der Waals surface area contributed by atoms with E-state index in [1.54, 1.807) is 19.1 Å². The zero-order valence-corrected chi connectivity index (χ0v) is 11.2. The van der Waals surface area contributed by atoms with Gasteiger partial charge in [0, 0.05) is 9.86 Å². The van der Waals surface area contributed by atoms with E-state index < -0.39 is 5.97 Å². The zero-order valence-electron chi connectivity index (χ0n) is 8.91. The predicted molar refractivity (Wildman–Crippen MR) is 68.2 cm³/mol. The quantitative estimate of drug-likeness (QED) is 0.631. The number of aromatic nitrogens is 2. The summed E-state index contributed by atoms with van der Waals surface area (Å²) in [6.45, 7) is 2.02. The van der Waals surface area contributed by atoms with Crippen LogP contribution >= 0.6 is 27.5 Å². The van der Waals surface area contributed by atoms with Crippen molar-refractivity contribution >= 4 is 44.4 Å². The van der Waals surface area contributed by atoms with Gasteiger partial charge in [-0.15, -0.1) is 0 Å². The number of para-hydroxylation sites is 1. The predicted octanol–water partition coefficient (Wildman–Crippen LogP) is 3.22. The Bertz CT molecular complexity index is 589. The van der Waals surface area contributed by atoms with Gasteiger partial charge in [0.2, 0.25) is 5.28 Å². The summed E-state index contributed by atoms with van der Waals surface area (Å²) in [5.74, 6) is -0.500. The minimum atomic E-state index is -0.500. The minimum Gasteiger partial charge on any atom is -0.461 e. The molecule has 1 aromatic carbocycles. The molecule has 0 bridgehead atoms. The SMILES string of the molecule is CCOC(=O)c1nc(Cl)nc2c(Br)cccc12. The third-order valence-electron chi connectivity index (χ3n) is 2.12. The lowest BCUT2D eigenvalue weighted by Crippen LogP contribution is -2.09. The fraction of sp³-hybridized carbons (Fsp3) is 0.182. The fourth-order valence-electron chi connectivity index (χ4n) is 1.44. The van der Waals surface area contributed by atoms with Crippen molar-refractivity contribution in [3.8, 4) is 0 Å². The lowest BCUT2D eigenvalue weighted by atomic mass is 10.2. The normalized spacial score (nSPS) is 10.5. The van der Waals surface area contributed by atoms with E-state index in [0.29, 0.717) is 10.9 Å². The Morgan fingerprint density at radius 1 is 1.47 bits per heavy atom. The summed E-state index contributed by atoms with van der Waals surface area (Å²) < 4.78 is 5.68. The summed E-state index contributed by atoms with van der Waals surface area (Å²) in [5.41, 5.74) is 0.777. The van der Waals surface area contributed by atoms with Crippen LogP contribution in [0.3, 0.4) is 0 Å². The van der Waals surface area contributed by atoms with E-state index in [1.807, 2.05) is 6.07 Å². The average Bonchev–Trinajstić information content (AvgIpc) is 2.30. The van der Waals surface area contributed by atoms with E-state index >= 15 is 0 Å². The number of esters is 1. The van der Waals surface area contributed by atoms with Crippen LogP contribution in [0.15, 0.2) is 22.7 Å². The third-order valence-corrected chi connectivity index (χ3v) is 2.93. The molecular weight excluding hydrogens is 307 g/mol. The van der Waals surface area contributed by atoms with Crippen LogP contribution < -0.4 is 0 Å². The molecule has 2 aromatic rings. The maximum atomic E-state index is 11.7. The van der Waals surface area contributed by atoms with Gasteiger partial charge < -0.3 is 4.74 Å². The first kappa shape index (κ1) is 12.3. The molecule has 0 fully saturated rings. The summed E-state index contributed by atoms with van der Waals surface area (Å²) in [5, 5.41) is 0.634. The molecule has 0 saturated carbocycles. The Kier molecular flexibility index (Phi) is 3.59. The molecular formula is C11H8BrClN2O2. The second kappa shape index (κ2) is 4.98. The molecule has 0 aliphatic heterocycles. The van der Waals surface area contributed by atoms with Crippen LogP contribution in [0.25, 0.3) is 10.9 Å². The molecule has 0 aliphatic rings. The number of nitrogens with zero attached hydrogens (tertiary/aromatic N) is 2. The number of halogens is 2. The summed E-state index contributed by atoms with van der Waals surface area (Å²) in [7, 11) is 0. The molecule has 0 unspecified atom stereocenters. The van der Waals surface area contributed by atoms with Crippen molar-refractivity contribution in [3.05, 3.63) is 33.6 Å². The van der Waals surface area contributed by atoms with Crippen LogP contribution in [0.2, 0.25) is 5.28 Å². The molecule has 4 nitrogen and oxygen atoms in total. The fourth-order valence-corrected chi connectivity index (χ4v) is 2.07. The first-order chi connectivity index (χ1) is 8.13. The van der Waals surface area contributed by atoms with E-state index in [9.17, 15) is 4.79 Å². The molecule has 88 valence electrons. The highest BCUT2D eigenvalue weighted by atomic mass is 79.9. The molecule has 0 radical (unpaired) electrons. The molecule has 1 aromatic heterocycles. The van der Waals surface area contributed by atoms with Crippen molar-refractivity contribution in [2.45, 2.75) is 6.92 Å². The Morgan fingerprint density at radius 3 is 2.94 bits per heavy atom. The molecule has 2 rings (SSSR count). The van der Waals surface area contributed by atoms with E-state index in [-0.39, 0.29) is 17.6 Å². The van der Waals surface area contributed by atoms with Gasteiger partial charge in [0.25, 0.3) is 0 Å². The van der Waals surface area contributed by atoms with Crippen LogP contribution in [0, 0.1) is 0 Å². The molecule has 0 amide bonds. The topological polar surface area (TPSA) is 52.1 Å². The number of ether oxygens (including phenoxy) is 1. The highest BCUT2D eigenvalue weighted by Gasteiger charge is 2.16. The van der Waals surface area contributed by atoms with Crippen LogP contribution in [-0.4, -0.2) is 22.5 Å². The Morgan fingerprint density at radius 2 is 2.24 bits per heavy atom. The monoisotopic (exact) mass is 314 g/mol. The van der Waals surface area contributed by atoms with E-state index in [1.165, 1.54) is 0 Å². The highest BCUT2D eigenvalue weighted by Crippen LogP contribution is 2.25. The van der Waals surface area contributed by atoms with Crippen molar-refractivity contribution in [1.29, 1.82) is 0 Å². The van der Waals surface area contributed by atoms with Gasteiger partial charge in [0.05, 0.1) is 12.1 Å². The molecule has 6 heteroatoms. The molecule has 1 heterocycles. The van der Waals surface area contributed by atoms with Crippen LogP contribution in [0.4, 0.5) is 0 Å². The Balaban J connectivity index is 2.70. The van der Waals surface area contributed by atoms with E-state index in [2.05, 4.69) is 25.9 Å². The van der Waals surface area contributed by atoms with E-state index in [4.69, 9.17) is 16.3 Å². The number of fused-ring (bicyclic) bond motifs is 1. The van der Waals surface area contributed by atoms with Gasteiger partial charge in [-0.2, -0.15) is 0 Å². The summed E-state index contributed by atoms with van der Waals surface area (Å²) in [6.07, 6.45) is 0. The average molecular weight is 316 g/mol. The highest BCUT2D eigenvalue weighted by molar-refractivity contribution is 9.10. The van der Waals surface area contributed by atoms with Crippen molar-refractivity contribution < 1.29 is 9.53 Å². The molecule has 17 heavy (non-hydrogen) atoms. The standard InChI is InChI=1S/C11H8BrClN2O2/c1-2-17-10(16)9-6-4-3-5-7(12)8(6)14-11(13)15-9/h3-5H,2H2,1H3. The third kappa shape index (κ3) is 2.40. The largest absolute Gasteiger partial charge is 0.461 e. The Labute approximate surface area is 111 Å². The van der Waals surface area contributed by atoms with Gasteiger partial charge in [-0.3, -0.25) is 0 Å². The van der Waals surface area contributed by atoms with Gasteiger partial charge in [0.1, 0.15) is 0 Å². The van der Waals surface area contributed by atoms with Crippen LogP contribution in [-0.2, 0) is 4.74 Å². The number of hydrogen-bond donors (Lipinski definition) is 0. The molecule has 0 aliphatic carbocycles. The molecule has 0 spiro atoms. The lowest BCUT2D eigenvalue weighted by Gasteiger charge is -2.06. The van der Waals surface area contributed by atoms with Crippen molar-refractivity contribution in [1.82, 2.24) is 9.97 Å². The molecule has 0 atom stereocenters. The van der Waals surface area contributed by atoms with Gasteiger partial charge >= 0.3 is 5.97 Å². The summed E-state index contributed by atoms with van der Waals surface area (Å²) in [4.78, 5) is 19.7. The smallest absolute Gasteiger partial charge is 0.357 e.